The van der Waals surface area contributed by atoms with Crippen molar-refractivity contribution in [3.05, 3.63) is 71.8 Å². The van der Waals surface area contributed by atoms with Crippen LogP contribution in [0.15, 0.2) is 60.7 Å². The molecule has 0 aliphatic carbocycles. The lowest BCUT2D eigenvalue weighted by Crippen LogP contribution is -2.61. The number of primary amides is 2. The Morgan fingerprint density at radius 2 is 0.954 bits per heavy atom. The molecule has 0 unspecified atom stereocenters. The number of carboxylic acids is 1. The molecule has 17 heteroatoms. The van der Waals surface area contributed by atoms with Gasteiger partial charge in [0.05, 0.1) is 12.5 Å². The predicted octanol–water partition coefficient (Wildman–Crippen LogP) is 3.23. The normalized spacial score (nSPS) is 14.0. The molecule has 0 saturated heterocycles. The van der Waals surface area contributed by atoms with Crippen molar-refractivity contribution in [2.24, 2.45) is 16.9 Å². The van der Waals surface area contributed by atoms with Crippen molar-refractivity contribution in [1.29, 1.82) is 0 Å². The molecule has 11 N–H and O–H groups in total. The summed E-state index contributed by atoms with van der Waals surface area (Å²) in [6.07, 6.45) is 9.89. The minimum atomic E-state index is -1.30. The maximum Gasteiger partial charge on any atom is 0.326 e. The number of aliphatic hydroxyl groups excluding tert-OH is 1. The van der Waals surface area contributed by atoms with E-state index in [1.165, 1.54) is 6.92 Å². The highest BCUT2D eigenvalue weighted by Crippen LogP contribution is 2.21. The third kappa shape index (κ3) is 23.1. The van der Waals surface area contributed by atoms with Crippen LogP contribution in [0, 0.1) is 5.41 Å². The van der Waals surface area contributed by atoms with Crippen LogP contribution in [0.5, 0.6) is 0 Å². The second-order valence-corrected chi connectivity index (χ2v) is 17.9. The number of nitrogens with two attached hydrogens (primary N) is 2. The first kappa shape index (κ1) is 55.3. The molecule has 0 aromatic heterocycles. The smallest absolute Gasteiger partial charge is 0.326 e. The van der Waals surface area contributed by atoms with Gasteiger partial charge in [-0.15, -0.1) is 0 Å². The van der Waals surface area contributed by atoms with E-state index in [4.69, 9.17) is 11.5 Å². The quantitative estimate of drug-likeness (QED) is 0.0483. The summed E-state index contributed by atoms with van der Waals surface area (Å²) in [7, 11) is 0. The molecule has 360 valence electrons. The van der Waals surface area contributed by atoms with E-state index in [2.05, 4.69) is 26.6 Å². The minimum Gasteiger partial charge on any atom is -0.480 e. The molecule has 6 atom stereocenters. The van der Waals surface area contributed by atoms with E-state index >= 15 is 0 Å². The van der Waals surface area contributed by atoms with Gasteiger partial charge in [-0.3, -0.25) is 33.6 Å². The second-order valence-electron chi connectivity index (χ2n) is 17.9. The Hall–Kier alpha value is -5.84. The average Bonchev–Trinajstić information content (AvgIpc) is 3.23. The van der Waals surface area contributed by atoms with Gasteiger partial charge in [-0.05, 0) is 36.3 Å². The summed E-state index contributed by atoms with van der Waals surface area (Å²) in [5, 5.41) is 32.9. The number of carbonyl (C=O) groups is 8. The van der Waals surface area contributed by atoms with E-state index < -0.39 is 89.6 Å². The zero-order valence-electron chi connectivity index (χ0n) is 38.6. The molecule has 0 heterocycles. The van der Waals surface area contributed by atoms with Crippen LogP contribution >= 0.6 is 0 Å². The van der Waals surface area contributed by atoms with Crippen LogP contribution < -0.4 is 38.1 Å². The van der Waals surface area contributed by atoms with E-state index in [9.17, 15) is 48.6 Å². The highest BCUT2D eigenvalue weighted by molar-refractivity contribution is 5.95. The number of aliphatic hydroxyl groups is 1. The number of nitrogens with one attached hydrogen (secondary N) is 5. The molecular weight excluding hydrogens is 835 g/mol. The third-order valence-electron chi connectivity index (χ3n) is 11.0. The summed E-state index contributed by atoms with van der Waals surface area (Å²) in [6, 6.07) is 11.9. The molecule has 0 aliphatic rings. The number of unbranched alkanes of at least 4 members (excludes halogenated alkanes) is 11. The average molecular weight is 908 g/mol. The Labute approximate surface area is 383 Å². The zero-order chi connectivity index (χ0) is 48.4. The fraction of sp³-hybridized carbons (Fsp3) is 0.583. The van der Waals surface area contributed by atoms with Gasteiger partial charge in [0, 0.05) is 25.7 Å². The van der Waals surface area contributed by atoms with E-state index in [0.717, 1.165) is 69.8 Å². The third-order valence-corrected chi connectivity index (χ3v) is 11.0. The number of carboxylic acid groups (broad SMARTS) is 1. The lowest BCUT2D eigenvalue weighted by molar-refractivity contribution is -0.142. The molecule has 0 aliphatic heterocycles. The number of hydrogen-bond acceptors (Lipinski definition) is 9. The number of carbonyl (C=O) groups excluding carboxylic acids is 7. The van der Waals surface area contributed by atoms with E-state index in [0.29, 0.717) is 18.4 Å². The molecule has 0 saturated carbocycles. The van der Waals surface area contributed by atoms with Gasteiger partial charge in [0.2, 0.25) is 41.4 Å². The summed E-state index contributed by atoms with van der Waals surface area (Å²) in [5.74, 6) is -5.71. The molecule has 2 aromatic rings. The van der Waals surface area contributed by atoms with Gasteiger partial charge in [-0.1, -0.05) is 146 Å². The maximum absolute atomic E-state index is 13.4. The van der Waals surface area contributed by atoms with E-state index in [-0.39, 0.29) is 31.6 Å². The van der Waals surface area contributed by atoms with Crippen molar-refractivity contribution in [3.8, 4) is 0 Å². The van der Waals surface area contributed by atoms with Crippen molar-refractivity contribution in [2.45, 2.75) is 173 Å². The van der Waals surface area contributed by atoms with Crippen LogP contribution in [0.25, 0.3) is 0 Å². The fourth-order valence-corrected chi connectivity index (χ4v) is 7.22. The fourth-order valence-electron chi connectivity index (χ4n) is 7.22. The van der Waals surface area contributed by atoms with Crippen molar-refractivity contribution < 1.29 is 48.6 Å². The molecule has 2 aromatic carbocycles. The Morgan fingerprint density at radius 1 is 0.538 bits per heavy atom. The van der Waals surface area contributed by atoms with Gasteiger partial charge in [-0.2, -0.15) is 0 Å². The second kappa shape index (κ2) is 29.6. The molecule has 0 bridgehead atoms. The van der Waals surface area contributed by atoms with E-state index in [1.54, 1.807) is 51.1 Å². The number of amides is 7. The van der Waals surface area contributed by atoms with Crippen LogP contribution in [-0.2, 0) is 51.2 Å². The largest absolute Gasteiger partial charge is 0.480 e. The zero-order valence-corrected chi connectivity index (χ0v) is 38.6. The van der Waals surface area contributed by atoms with Gasteiger partial charge in [0.1, 0.15) is 30.2 Å². The summed E-state index contributed by atoms with van der Waals surface area (Å²) < 4.78 is 0. The predicted molar refractivity (Wildman–Crippen MR) is 246 cm³/mol. The number of aliphatic carboxylic acids is 1. The molecule has 17 nitrogen and oxygen atoms in total. The highest BCUT2D eigenvalue weighted by Gasteiger charge is 2.37. The number of hydrogen-bond donors (Lipinski definition) is 9. The monoisotopic (exact) mass is 908 g/mol. The minimum absolute atomic E-state index is 0.0338. The Kier molecular flexibility index (Phi) is 25.2. The summed E-state index contributed by atoms with van der Waals surface area (Å²) in [6.45, 7) is 6.62. The van der Waals surface area contributed by atoms with Crippen LogP contribution in [0.4, 0.5) is 0 Å². The molecule has 2 rings (SSSR count). The van der Waals surface area contributed by atoms with Crippen molar-refractivity contribution in [3.63, 3.8) is 0 Å². The number of rotatable bonds is 32. The lowest BCUT2D eigenvalue weighted by atomic mass is 9.85. The molecular formula is C48H73N7O10. The Bertz CT molecular complexity index is 1820. The summed E-state index contributed by atoms with van der Waals surface area (Å²) in [5.41, 5.74) is 11.6. The SMILES string of the molecule is C[C@@H](O)[C@H](NC(=O)CCCCCCCCCCCCCCC(=O)N[C@@H](CC(N)=O)C(=O)N[C@@H](Cc1ccccc1)C(=O)O)C(=O)N[C@H](C(=O)N[C@@H](Cc1ccccc1)C(N)=O)C(C)(C)C. The van der Waals surface area contributed by atoms with Gasteiger partial charge < -0.3 is 48.3 Å². The first-order valence-electron chi connectivity index (χ1n) is 22.8. The molecule has 0 spiro atoms. The topological polar surface area (TPSA) is 289 Å². The first-order valence-corrected chi connectivity index (χ1v) is 22.8. The van der Waals surface area contributed by atoms with Gasteiger partial charge in [0.15, 0.2) is 0 Å². The maximum atomic E-state index is 13.4. The molecule has 65 heavy (non-hydrogen) atoms. The van der Waals surface area contributed by atoms with E-state index in [1.807, 2.05) is 30.3 Å². The summed E-state index contributed by atoms with van der Waals surface area (Å²) >= 11 is 0. The lowest BCUT2D eigenvalue weighted by Gasteiger charge is -2.33. The number of benzene rings is 2. The highest BCUT2D eigenvalue weighted by atomic mass is 16.4. The van der Waals surface area contributed by atoms with Crippen LogP contribution in [0.1, 0.15) is 135 Å². The summed E-state index contributed by atoms with van der Waals surface area (Å²) in [4.78, 5) is 101. The molecule has 0 fully saturated rings. The Morgan fingerprint density at radius 3 is 1.35 bits per heavy atom. The molecule has 0 radical (unpaired) electrons. The van der Waals surface area contributed by atoms with Crippen molar-refractivity contribution >= 4 is 47.3 Å². The van der Waals surface area contributed by atoms with Crippen LogP contribution in [-0.4, -0.2) is 93.8 Å². The van der Waals surface area contributed by atoms with Crippen LogP contribution in [0.3, 0.4) is 0 Å². The van der Waals surface area contributed by atoms with Crippen molar-refractivity contribution in [2.75, 3.05) is 0 Å². The first-order chi connectivity index (χ1) is 30.8. The van der Waals surface area contributed by atoms with Gasteiger partial charge >= 0.3 is 5.97 Å². The van der Waals surface area contributed by atoms with Crippen LogP contribution in [0.2, 0.25) is 0 Å². The van der Waals surface area contributed by atoms with Crippen molar-refractivity contribution in [1.82, 2.24) is 26.6 Å². The molecule has 7 amide bonds. The van der Waals surface area contributed by atoms with Gasteiger partial charge in [0.25, 0.3) is 0 Å². The Balaban J connectivity index is 1.62. The standard InChI is InChI=1S/C48H73N7O10/c1-32(56)41(45(62)55-42(48(2,3)4)46(63)52-35(43(50)60)29-33-23-17-15-18-24-33)54-40(59)28-22-14-12-10-8-6-5-7-9-11-13-21-27-39(58)51-36(31-38(49)57)44(61)53-37(47(64)65)30-34-25-19-16-20-26-34/h15-20,23-26,32,35-37,41-42,56H,5-14,21-22,27-31H2,1-4H3,(H2,49,57)(H2,50,60)(H,51,58)(H,52,63)(H,53,61)(H,54,59)(H,55,62)(H,64,65)/t32-,35+,36+,37+,41+,42-/m1/s1. The van der Waals surface area contributed by atoms with Gasteiger partial charge in [-0.25, -0.2) is 4.79 Å².